The minimum Gasteiger partial charge on any atom is -0.315 e. The predicted octanol–water partition coefficient (Wildman–Crippen LogP) is 0.0162. The summed E-state index contributed by atoms with van der Waals surface area (Å²) in [6.45, 7) is 0. The maximum atomic E-state index is 11.5. The molecule has 1 aliphatic rings. The number of nitrogens with one attached hydrogen (secondary N) is 1. The van der Waals surface area contributed by atoms with Gasteiger partial charge >= 0.3 is 0 Å². The molecule has 5 N–H and O–H groups in total. The van der Waals surface area contributed by atoms with Gasteiger partial charge in [0.05, 0.1) is 6.17 Å². The van der Waals surface area contributed by atoms with E-state index in [1.165, 1.54) is 0 Å². The smallest absolute Gasteiger partial charge is 0.227 e. The molecule has 1 aromatic carbocycles. The van der Waals surface area contributed by atoms with Gasteiger partial charge in [-0.25, -0.2) is 5.43 Å². The Labute approximate surface area is 94.4 Å². The lowest BCUT2D eigenvalue weighted by Crippen LogP contribution is -2.35. The van der Waals surface area contributed by atoms with Crippen LogP contribution in [0, 0.1) is 0 Å². The van der Waals surface area contributed by atoms with Crippen LogP contribution in [0.1, 0.15) is 23.7 Å². The average Bonchev–Trinajstić information content (AvgIpc) is 2.32. The molecule has 0 radical (unpaired) electrons. The van der Waals surface area contributed by atoms with Gasteiger partial charge in [0.2, 0.25) is 5.91 Å². The summed E-state index contributed by atoms with van der Waals surface area (Å²) in [6.07, 6.45) is 0.954. The molecular formula is C11H16N4O. The van der Waals surface area contributed by atoms with Gasteiger partial charge in [-0.2, -0.15) is 0 Å². The van der Waals surface area contributed by atoms with Gasteiger partial charge in [0.25, 0.3) is 0 Å². The summed E-state index contributed by atoms with van der Waals surface area (Å²) in [4.78, 5) is 13.2. The van der Waals surface area contributed by atoms with E-state index in [1.807, 2.05) is 18.2 Å². The Hall–Kier alpha value is -1.43. The number of nitrogens with two attached hydrogens (primary N) is 2. The van der Waals surface area contributed by atoms with Gasteiger partial charge in [0.15, 0.2) is 0 Å². The monoisotopic (exact) mass is 220 g/mol. The van der Waals surface area contributed by atoms with Crippen molar-refractivity contribution in [2.75, 3.05) is 11.9 Å². The first kappa shape index (κ1) is 11.1. The zero-order chi connectivity index (χ0) is 11.7. The second kappa shape index (κ2) is 4.21. The van der Waals surface area contributed by atoms with E-state index in [0.29, 0.717) is 6.42 Å². The van der Waals surface area contributed by atoms with Crippen LogP contribution in [0.5, 0.6) is 0 Å². The van der Waals surface area contributed by atoms with Gasteiger partial charge in [-0.15, -0.1) is 0 Å². The predicted molar refractivity (Wildman–Crippen MR) is 62.4 cm³/mol. The van der Waals surface area contributed by atoms with Crippen molar-refractivity contribution in [3.63, 3.8) is 0 Å². The molecule has 0 saturated heterocycles. The quantitative estimate of drug-likeness (QED) is 0.372. The average molecular weight is 220 g/mol. The fourth-order valence-corrected chi connectivity index (χ4v) is 1.97. The molecule has 1 aromatic rings. The number of carbonyl (C=O) groups is 1. The molecule has 5 heteroatoms. The van der Waals surface area contributed by atoms with Crippen molar-refractivity contribution in [2.24, 2.45) is 11.6 Å². The molecule has 1 unspecified atom stereocenters. The second-order valence-corrected chi connectivity index (χ2v) is 3.99. The Bertz CT molecular complexity index is 418. The van der Waals surface area contributed by atoms with Crippen LogP contribution >= 0.6 is 0 Å². The van der Waals surface area contributed by atoms with E-state index < -0.39 is 0 Å². The molecule has 86 valence electrons. The molecule has 1 atom stereocenters. The van der Waals surface area contributed by atoms with Gasteiger partial charge < -0.3 is 10.6 Å². The summed E-state index contributed by atoms with van der Waals surface area (Å²) in [5.41, 5.74) is 11.3. The minimum absolute atomic E-state index is 0.154. The van der Waals surface area contributed by atoms with E-state index in [0.717, 1.165) is 23.2 Å². The number of carbonyl (C=O) groups excluding carboxylic acids is 1. The number of amides is 1. The van der Waals surface area contributed by atoms with Crippen molar-refractivity contribution in [1.82, 2.24) is 5.43 Å². The topological polar surface area (TPSA) is 84.4 Å². The van der Waals surface area contributed by atoms with Gasteiger partial charge in [0, 0.05) is 19.2 Å². The van der Waals surface area contributed by atoms with Crippen LogP contribution in [0.4, 0.5) is 5.69 Å². The summed E-state index contributed by atoms with van der Waals surface area (Å²) in [6, 6.07) is 5.81. The lowest BCUT2D eigenvalue weighted by molar-refractivity contribution is -0.118. The van der Waals surface area contributed by atoms with Crippen LogP contribution in [-0.4, -0.2) is 13.0 Å². The number of aryl methyl sites for hydroxylation is 1. The highest BCUT2D eigenvalue weighted by Gasteiger charge is 2.21. The number of rotatable bonds is 2. The Morgan fingerprint density at radius 2 is 2.19 bits per heavy atom. The van der Waals surface area contributed by atoms with E-state index in [9.17, 15) is 4.79 Å². The molecule has 0 aromatic heterocycles. The van der Waals surface area contributed by atoms with E-state index >= 15 is 0 Å². The first-order chi connectivity index (χ1) is 7.63. The summed E-state index contributed by atoms with van der Waals surface area (Å²) in [7, 11) is 1.79. The largest absolute Gasteiger partial charge is 0.315 e. The van der Waals surface area contributed by atoms with Crippen molar-refractivity contribution in [3.8, 4) is 0 Å². The van der Waals surface area contributed by atoms with Crippen LogP contribution in [0.2, 0.25) is 0 Å². The molecule has 16 heavy (non-hydrogen) atoms. The van der Waals surface area contributed by atoms with Crippen molar-refractivity contribution in [1.29, 1.82) is 0 Å². The molecule has 1 amide bonds. The molecule has 1 heterocycles. The van der Waals surface area contributed by atoms with E-state index in [1.54, 1.807) is 11.9 Å². The first-order valence-electron chi connectivity index (χ1n) is 5.24. The standard InChI is InChI=1S/C11H16N4O/c1-15-9-4-2-8(11(12)14-13)6-7(9)3-5-10(15)16/h2,4,6,11,14H,3,5,12-13H2,1H3. The number of nitrogens with zero attached hydrogens (tertiary/aromatic N) is 1. The minimum atomic E-state index is -0.367. The maximum absolute atomic E-state index is 11.5. The maximum Gasteiger partial charge on any atom is 0.227 e. The third kappa shape index (κ3) is 1.80. The van der Waals surface area contributed by atoms with Crippen LogP contribution in [0.25, 0.3) is 0 Å². The molecular weight excluding hydrogens is 204 g/mol. The second-order valence-electron chi connectivity index (χ2n) is 3.99. The van der Waals surface area contributed by atoms with Gasteiger partial charge in [-0.3, -0.25) is 10.6 Å². The molecule has 0 spiro atoms. The van der Waals surface area contributed by atoms with Crippen molar-refractivity contribution in [3.05, 3.63) is 29.3 Å². The highest BCUT2D eigenvalue weighted by atomic mass is 16.2. The summed E-state index contributed by atoms with van der Waals surface area (Å²) < 4.78 is 0. The van der Waals surface area contributed by atoms with Crippen molar-refractivity contribution >= 4 is 11.6 Å². The summed E-state index contributed by atoms with van der Waals surface area (Å²) >= 11 is 0. The van der Waals surface area contributed by atoms with E-state index in [4.69, 9.17) is 11.6 Å². The van der Waals surface area contributed by atoms with Crippen LogP contribution in [0.3, 0.4) is 0 Å². The van der Waals surface area contributed by atoms with Gasteiger partial charge in [-0.05, 0) is 23.6 Å². The van der Waals surface area contributed by atoms with Crippen molar-refractivity contribution < 1.29 is 4.79 Å². The fourth-order valence-electron chi connectivity index (χ4n) is 1.97. The third-order valence-electron chi connectivity index (χ3n) is 2.99. The molecule has 0 bridgehead atoms. The van der Waals surface area contributed by atoms with Gasteiger partial charge in [0.1, 0.15) is 0 Å². The van der Waals surface area contributed by atoms with Crippen molar-refractivity contribution in [2.45, 2.75) is 19.0 Å². The highest BCUT2D eigenvalue weighted by molar-refractivity contribution is 5.95. The summed E-state index contributed by atoms with van der Waals surface area (Å²) in [5.74, 6) is 5.44. The lowest BCUT2D eigenvalue weighted by Gasteiger charge is -2.26. The molecule has 0 saturated carbocycles. The normalized spacial score (nSPS) is 17.2. The van der Waals surface area contributed by atoms with Gasteiger partial charge in [-0.1, -0.05) is 12.1 Å². The number of anilines is 1. The van der Waals surface area contributed by atoms with Crippen LogP contribution < -0.4 is 21.9 Å². The molecule has 5 nitrogen and oxygen atoms in total. The molecule has 0 aliphatic carbocycles. The van der Waals surface area contributed by atoms with Crippen LogP contribution in [0.15, 0.2) is 18.2 Å². The lowest BCUT2D eigenvalue weighted by atomic mass is 9.98. The van der Waals surface area contributed by atoms with E-state index in [-0.39, 0.29) is 12.1 Å². The zero-order valence-corrected chi connectivity index (χ0v) is 9.23. The summed E-state index contributed by atoms with van der Waals surface area (Å²) in [5, 5.41) is 0. The number of hydrogen-bond acceptors (Lipinski definition) is 4. The van der Waals surface area contributed by atoms with Crippen LogP contribution in [-0.2, 0) is 11.2 Å². The Morgan fingerprint density at radius 1 is 1.44 bits per heavy atom. The fraction of sp³-hybridized carbons (Fsp3) is 0.364. The Morgan fingerprint density at radius 3 is 2.88 bits per heavy atom. The zero-order valence-electron chi connectivity index (χ0n) is 9.23. The third-order valence-corrected chi connectivity index (χ3v) is 2.99. The highest BCUT2D eigenvalue weighted by Crippen LogP contribution is 2.28. The molecule has 1 aliphatic heterocycles. The SMILES string of the molecule is CN1C(=O)CCc2cc(C(N)NN)ccc21. The number of hydrazine groups is 1. The Balaban J connectivity index is 2.37. The van der Waals surface area contributed by atoms with E-state index in [2.05, 4.69) is 5.43 Å². The number of hydrogen-bond donors (Lipinski definition) is 3. The number of fused-ring (bicyclic) bond motifs is 1. The number of benzene rings is 1. The molecule has 2 rings (SSSR count). The Kier molecular flexibility index (Phi) is 2.91. The first-order valence-corrected chi connectivity index (χ1v) is 5.24. The molecule has 0 fully saturated rings.